The molecular formula is C25H28ClNO4S. The summed E-state index contributed by atoms with van der Waals surface area (Å²) in [6.07, 6.45) is 2.28. The summed E-state index contributed by atoms with van der Waals surface area (Å²) in [7, 11) is 0. The van der Waals surface area contributed by atoms with Gasteiger partial charge in [-0.3, -0.25) is 14.9 Å². The van der Waals surface area contributed by atoms with E-state index < -0.39 is 24.0 Å². The summed E-state index contributed by atoms with van der Waals surface area (Å²) >= 11 is 7.86. The molecule has 0 aliphatic carbocycles. The van der Waals surface area contributed by atoms with Crippen LogP contribution in [0.1, 0.15) is 37.0 Å². The summed E-state index contributed by atoms with van der Waals surface area (Å²) in [6, 6.07) is 11.9. The smallest absolute Gasteiger partial charge is 0.321 e. The molecule has 0 spiro atoms. The number of halogens is 1. The number of carbonyl (C=O) groups is 2. The van der Waals surface area contributed by atoms with E-state index in [0.717, 1.165) is 29.0 Å². The second kappa shape index (κ2) is 10.9. The Morgan fingerprint density at radius 2 is 1.72 bits per heavy atom. The predicted octanol–water partition coefficient (Wildman–Crippen LogP) is 5.42. The van der Waals surface area contributed by atoms with E-state index in [0.29, 0.717) is 6.42 Å². The minimum Gasteiger partial charge on any atom is -0.480 e. The summed E-state index contributed by atoms with van der Waals surface area (Å²) in [6.45, 7) is 3.84. The van der Waals surface area contributed by atoms with Crippen molar-refractivity contribution in [2.75, 3.05) is 0 Å². The number of benzene rings is 2. The molecule has 0 bridgehead atoms. The second-order valence-corrected chi connectivity index (χ2v) is 9.85. The first-order chi connectivity index (χ1) is 15.2. The molecule has 5 nitrogen and oxygen atoms in total. The van der Waals surface area contributed by atoms with E-state index in [1.54, 1.807) is 11.3 Å². The van der Waals surface area contributed by atoms with Crippen molar-refractivity contribution in [1.82, 2.24) is 5.32 Å². The Bertz CT molecular complexity index is 1090. The maximum atomic E-state index is 11.8. The largest absolute Gasteiger partial charge is 0.480 e. The standard InChI is InChI=1S/C25H28ClNO4S/c1-15(2)10-21(24(28)29)27-22(25(30)31)12-17-5-3-4-16(11-17)6-7-18-14-32-23-9-8-19(26)13-20(18)23/h3-5,8-9,11,13-15,21-22,27H,6-7,10,12H2,1-2H3,(H,28,29)(H,30,31)/t21-,22-/m0/s1. The fraction of sp³-hybridized carbons (Fsp3) is 0.360. The Kier molecular flexibility index (Phi) is 8.29. The van der Waals surface area contributed by atoms with Crippen molar-refractivity contribution in [3.8, 4) is 0 Å². The van der Waals surface area contributed by atoms with Gasteiger partial charge in [0.2, 0.25) is 0 Å². The third-order valence-electron chi connectivity index (χ3n) is 5.44. The molecule has 0 aliphatic heterocycles. The highest BCUT2D eigenvalue weighted by Gasteiger charge is 2.26. The number of hydrogen-bond acceptors (Lipinski definition) is 4. The summed E-state index contributed by atoms with van der Waals surface area (Å²) < 4.78 is 1.21. The van der Waals surface area contributed by atoms with Crippen molar-refractivity contribution in [2.45, 2.75) is 51.6 Å². The van der Waals surface area contributed by atoms with Crippen LogP contribution >= 0.6 is 22.9 Å². The maximum absolute atomic E-state index is 11.8. The average Bonchev–Trinajstić information content (AvgIpc) is 3.13. The van der Waals surface area contributed by atoms with Gasteiger partial charge in [0, 0.05) is 9.72 Å². The molecule has 0 radical (unpaired) electrons. The van der Waals surface area contributed by atoms with Crippen LogP contribution in [-0.4, -0.2) is 34.2 Å². The molecule has 0 amide bonds. The number of thiophene rings is 1. The van der Waals surface area contributed by atoms with E-state index in [4.69, 9.17) is 11.6 Å². The Morgan fingerprint density at radius 1 is 1.00 bits per heavy atom. The summed E-state index contributed by atoms with van der Waals surface area (Å²) in [5.74, 6) is -1.93. The fourth-order valence-corrected chi connectivity index (χ4v) is 5.00. The van der Waals surface area contributed by atoms with E-state index in [-0.39, 0.29) is 12.3 Å². The lowest BCUT2D eigenvalue weighted by atomic mass is 9.98. The third kappa shape index (κ3) is 6.55. The van der Waals surface area contributed by atoms with Crippen LogP contribution in [0.4, 0.5) is 0 Å². The Hall–Kier alpha value is -2.41. The van der Waals surface area contributed by atoms with Crippen LogP contribution in [0.2, 0.25) is 5.02 Å². The van der Waals surface area contributed by atoms with Gasteiger partial charge in [0.05, 0.1) is 0 Å². The zero-order valence-corrected chi connectivity index (χ0v) is 19.7. The molecule has 3 N–H and O–H groups in total. The molecule has 2 aromatic carbocycles. The van der Waals surface area contributed by atoms with Gasteiger partial charge in [-0.25, -0.2) is 0 Å². The first-order valence-electron chi connectivity index (χ1n) is 10.7. The molecule has 7 heteroatoms. The molecule has 32 heavy (non-hydrogen) atoms. The molecule has 0 unspecified atom stereocenters. The molecule has 1 heterocycles. The Morgan fingerprint density at radius 3 is 2.41 bits per heavy atom. The van der Waals surface area contributed by atoms with E-state index in [2.05, 4.69) is 10.7 Å². The summed E-state index contributed by atoms with van der Waals surface area (Å²) in [5.41, 5.74) is 3.24. The van der Waals surface area contributed by atoms with E-state index in [1.165, 1.54) is 15.6 Å². The zero-order chi connectivity index (χ0) is 23.3. The van der Waals surface area contributed by atoms with Crippen molar-refractivity contribution >= 4 is 45.0 Å². The van der Waals surface area contributed by atoms with E-state index in [1.807, 2.05) is 56.3 Å². The number of hydrogen-bond donors (Lipinski definition) is 3. The fourth-order valence-electron chi connectivity index (χ4n) is 3.85. The number of aryl methyl sites for hydroxylation is 2. The minimum atomic E-state index is -1.05. The quantitative estimate of drug-likeness (QED) is 0.346. The van der Waals surface area contributed by atoms with Crippen LogP contribution in [0.25, 0.3) is 10.1 Å². The highest BCUT2D eigenvalue weighted by atomic mass is 35.5. The van der Waals surface area contributed by atoms with Gasteiger partial charge in [0.15, 0.2) is 0 Å². The second-order valence-electron chi connectivity index (χ2n) is 8.50. The SMILES string of the molecule is CC(C)C[C@H](N[C@@H](Cc1cccc(CCc2csc3ccc(Cl)cc23)c1)C(=O)O)C(=O)O. The van der Waals surface area contributed by atoms with Crippen molar-refractivity contribution in [2.24, 2.45) is 5.92 Å². The lowest BCUT2D eigenvalue weighted by Crippen LogP contribution is -2.48. The lowest BCUT2D eigenvalue weighted by molar-refractivity contribution is -0.142. The van der Waals surface area contributed by atoms with E-state index >= 15 is 0 Å². The monoisotopic (exact) mass is 473 g/mol. The molecule has 170 valence electrons. The van der Waals surface area contributed by atoms with Gasteiger partial charge in [-0.1, -0.05) is 49.7 Å². The van der Waals surface area contributed by atoms with Crippen molar-refractivity contribution in [3.05, 3.63) is 69.6 Å². The van der Waals surface area contributed by atoms with Gasteiger partial charge in [-0.05, 0) is 77.3 Å². The summed E-state index contributed by atoms with van der Waals surface area (Å²) in [4.78, 5) is 23.3. The number of aliphatic carboxylic acids is 2. The Labute approximate surface area is 197 Å². The molecule has 3 aromatic rings. The first-order valence-corrected chi connectivity index (χ1v) is 11.9. The van der Waals surface area contributed by atoms with Gasteiger partial charge < -0.3 is 10.2 Å². The number of carboxylic acid groups (broad SMARTS) is 2. The molecule has 0 saturated heterocycles. The van der Waals surface area contributed by atoms with Crippen molar-refractivity contribution in [3.63, 3.8) is 0 Å². The van der Waals surface area contributed by atoms with Gasteiger partial charge in [0.1, 0.15) is 12.1 Å². The normalized spacial score (nSPS) is 13.4. The van der Waals surface area contributed by atoms with Crippen LogP contribution in [0.3, 0.4) is 0 Å². The third-order valence-corrected chi connectivity index (χ3v) is 6.68. The van der Waals surface area contributed by atoms with Crippen molar-refractivity contribution < 1.29 is 19.8 Å². The molecule has 3 rings (SSSR count). The molecule has 0 fully saturated rings. The van der Waals surface area contributed by atoms with Gasteiger partial charge in [-0.2, -0.15) is 0 Å². The van der Waals surface area contributed by atoms with Crippen LogP contribution in [0, 0.1) is 5.92 Å². The van der Waals surface area contributed by atoms with Crippen LogP contribution in [0.15, 0.2) is 47.8 Å². The van der Waals surface area contributed by atoms with Crippen LogP contribution in [-0.2, 0) is 28.9 Å². The Balaban J connectivity index is 1.69. The van der Waals surface area contributed by atoms with Gasteiger partial charge in [0.25, 0.3) is 0 Å². The van der Waals surface area contributed by atoms with Crippen LogP contribution in [0.5, 0.6) is 0 Å². The topological polar surface area (TPSA) is 86.6 Å². The van der Waals surface area contributed by atoms with Crippen molar-refractivity contribution in [1.29, 1.82) is 0 Å². The van der Waals surface area contributed by atoms with E-state index in [9.17, 15) is 19.8 Å². The minimum absolute atomic E-state index is 0.143. The zero-order valence-electron chi connectivity index (χ0n) is 18.2. The molecule has 0 aliphatic rings. The number of fused-ring (bicyclic) bond motifs is 1. The number of rotatable bonds is 11. The molecule has 2 atom stereocenters. The molecule has 0 saturated carbocycles. The lowest BCUT2D eigenvalue weighted by Gasteiger charge is -2.22. The van der Waals surface area contributed by atoms with Gasteiger partial charge >= 0.3 is 11.9 Å². The van der Waals surface area contributed by atoms with Gasteiger partial charge in [-0.15, -0.1) is 11.3 Å². The highest BCUT2D eigenvalue weighted by molar-refractivity contribution is 7.17. The van der Waals surface area contributed by atoms with Crippen LogP contribution < -0.4 is 5.32 Å². The highest BCUT2D eigenvalue weighted by Crippen LogP contribution is 2.29. The average molecular weight is 474 g/mol. The molecule has 1 aromatic heterocycles. The number of nitrogens with one attached hydrogen (secondary N) is 1. The summed E-state index contributed by atoms with van der Waals surface area (Å²) in [5, 5.41) is 26.0. The molecular weight excluding hydrogens is 446 g/mol. The first kappa shape index (κ1) is 24.2. The predicted molar refractivity (Wildman–Crippen MR) is 130 cm³/mol. The maximum Gasteiger partial charge on any atom is 0.321 e. The number of carboxylic acids is 2.